The predicted molar refractivity (Wildman–Crippen MR) is 96.2 cm³/mol. The Bertz CT molecular complexity index is 617. The first-order valence-electron chi connectivity index (χ1n) is 8.21. The van der Waals surface area contributed by atoms with Crippen molar-refractivity contribution in [3.8, 4) is 5.75 Å². The molecule has 0 radical (unpaired) electrons. The number of phenolic OH excluding ortho intramolecular Hbond substituents is 1. The smallest absolute Gasteiger partial charge is 0.165 e. The number of aromatic hydroxyl groups is 1. The third kappa shape index (κ3) is 6.30. The van der Waals surface area contributed by atoms with E-state index < -0.39 is 11.9 Å². The fraction of sp³-hybridized carbons (Fsp3) is 0.400. The molecule has 1 unspecified atom stereocenters. The summed E-state index contributed by atoms with van der Waals surface area (Å²) in [5, 5.41) is 28.6. The van der Waals surface area contributed by atoms with Gasteiger partial charge in [0.1, 0.15) is 0 Å². The largest absolute Gasteiger partial charge is 0.505 e. The number of aliphatic hydroxyl groups is 2. The SMILES string of the molecule is C=C(C)/C(=C/CO)C(O)CC/C(=C/c1ccc(O)c(F)c1)CCC. The van der Waals surface area contributed by atoms with Crippen LogP contribution in [0, 0.1) is 5.82 Å². The average molecular weight is 334 g/mol. The summed E-state index contributed by atoms with van der Waals surface area (Å²) < 4.78 is 13.4. The number of allylic oxidation sites excluding steroid dienone is 1. The van der Waals surface area contributed by atoms with Crippen LogP contribution in [0.15, 0.2) is 47.6 Å². The Morgan fingerprint density at radius 2 is 2.04 bits per heavy atom. The van der Waals surface area contributed by atoms with Crippen LogP contribution in [-0.4, -0.2) is 28.0 Å². The van der Waals surface area contributed by atoms with Crippen molar-refractivity contribution in [2.75, 3.05) is 6.61 Å². The second kappa shape index (κ2) is 10.1. The molecule has 0 aliphatic rings. The molecule has 0 amide bonds. The number of aliphatic hydroxyl groups excluding tert-OH is 2. The molecule has 3 nitrogen and oxygen atoms in total. The molecule has 1 aromatic rings. The van der Waals surface area contributed by atoms with Gasteiger partial charge in [0.25, 0.3) is 0 Å². The molecule has 1 aromatic carbocycles. The first-order chi connectivity index (χ1) is 11.4. The number of benzene rings is 1. The molecule has 4 heteroatoms. The van der Waals surface area contributed by atoms with Gasteiger partial charge in [-0.05, 0) is 49.5 Å². The van der Waals surface area contributed by atoms with Gasteiger partial charge in [-0.15, -0.1) is 0 Å². The quantitative estimate of drug-likeness (QED) is 0.588. The van der Waals surface area contributed by atoms with Crippen LogP contribution in [-0.2, 0) is 0 Å². The van der Waals surface area contributed by atoms with Crippen LogP contribution in [0.2, 0.25) is 0 Å². The Morgan fingerprint density at radius 3 is 2.58 bits per heavy atom. The lowest BCUT2D eigenvalue weighted by Gasteiger charge is -2.16. The zero-order chi connectivity index (χ0) is 18.1. The van der Waals surface area contributed by atoms with E-state index >= 15 is 0 Å². The molecular weight excluding hydrogens is 307 g/mol. The molecule has 0 saturated heterocycles. The summed E-state index contributed by atoms with van der Waals surface area (Å²) in [6.07, 6.45) is 5.74. The molecule has 0 aliphatic heterocycles. The van der Waals surface area contributed by atoms with Gasteiger partial charge in [0.05, 0.1) is 12.7 Å². The maximum atomic E-state index is 13.4. The summed E-state index contributed by atoms with van der Waals surface area (Å²) in [6, 6.07) is 4.30. The van der Waals surface area contributed by atoms with Crippen molar-refractivity contribution >= 4 is 6.08 Å². The van der Waals surface area contributed by atoms with E-state index in [1.54, 1.807) is 19.1 Å². The number of hydrogen-bond donors (Lipinski definition) is 3. The first kappa shape index (κ1) is 20.1. The van der Waals surface area contributed by atoms with Gasteiger partial charge in [0.2, 0.25) is 0 Å². The van der Waals surface area contributed by atoms with E-state index in [1.165, 1.54) is 12.1 Å². The summed E-state index contributed by atoms with van der Waals surface area (Å²) in [7, 11) is 0. The van der Waals surface area contributed by atoms with Crippen molar-refractivity contribution in [1.29, 1.82) is 0 Å². The molecule has 132 valence electrons. The first-order valence-corrected chi connectivity index (χ1v) is 8.21. The maximum absolute atomic E-state index is 13.4. The van der Waals surface area contributed by atoms with Crippen molar-refractivity contribution in [1.82, 2.24) is 0 Å². The highest BCUT2D eigenvalue weighted by Crippen LogP contribution is 2.24. The second-order valence-corrected chi connectivity index (χ2v) is 5.94. The molecule has 0 aliphatic carbocycles. The van der Waals surface area contributed by atoms with Gasteiger partial charge in [0, 0.05) is 0 Å². The molecule has 3 N–H and O–H groups in total. The van der Waals surface area contributed by atoms with E-state index in [-0.39, 0.29) is 12.4 Å². The Balaban J connectivity index is 2.85. The zero-order valence-electron chi connectivity index (χ0n) is 14.4. The van der Waals surface area contributed by atoms with Gasteiger partial charge in [-0.3, -0.25) is 0 Å². The Morgan fingerprint density at radius 1 is 1.33 bits per heavy atom. The fourth-order valence-electron chi connectivity index (χ4n) is 2.61. The van der Waals surface area contributed by atoms with E-state index in [1.807, 2.05) is 6.08 Å². The highest BCUT2D eigenvalue weighted by Gasteiger charge is 2.12. The number of halogens is 1. The third-order valence-electron chi connectivity index (χ3n) is 3.82. The number of rotatable bonds is 9. The van der Waals surface area contributed by atoms with Crippen LogP contribution in [0.3, 0.4) is 0 Å². The Labute approximate surface area is 143 Å². The van der Waals surface area contributed by atoms with Crippen LogP contribution in [0.1, 0.15) is 45.1 Å². The molecular formula is C20H27FO3. The summed E-state index contributed by atoms with van der Waals surface area (Å²) in [5.74, 6) is -1.00. The zero-order valence-corrected chi connectivity index (χ0v) is 14.4. The fourth-order valence-corrected chi connectivity index (χ4v) is 2.61. The highest BCUT2D eigenvalue weighted by molar-refractivity contribution is 5.54. The molecule has 0 aromatic heterocycles. The standard InChI is InChI=1S/C20H27FO3/c1-4-5-15(12-16-7-9-20(24)18(21)13-16)6-8-19(23)17(10-11-22)14(2)3/h7,9-10,12-13,19,22-24H,2,4-6,8,11H2,1,3H3/b15-12+,17-10-. The van der Waals surface area contributed by atoms with Crippen LogP contribution in [0.5, 0.6) is 5.75 Å². The van der Waals surface area contributed by atoms with Gasteiger partial charge < -0.3 is 15.3 Å². The number of phenols is 1. The third-order valence-corrected chi connectivity index (χ3v) is 3.82. The van der Waals surface area contributed by atoms with Crippen LogP contribution >= 0.6 is 0 Å². The summed E-state index contributed by atoms with van der Waals surface area (Å²) >= 11 is 0. The topological polar surface area (TPSA) is 60.7 Å². The van der Waals surface area contributed by atoms with E-state index in [0.717, 1.165) is 24.0 Å². The van der Waals surface area contributed by atoms with Crippen molar-refractivity contribution in [2.45, 2.75) is 45.6 Å². The summed E-state index contributed by atoms with van der Waals surface area (Å²) in [6.45, 7) is 7.55. The van der Waals surface area contributed by atoms with Gasteiger partial charge in [-0.1, -0.05) is 49.3 Å². The minimum atomic E-state index is -0.688. The molecule has 0 spiro atoms. The van der Waals surface area contributed by atoms with Gasteiger partial charge in [-0.25, -0.2) is 4.39 Å². The predicted octanol–water partition coefficient (Wildman–Crippen LogP) is 4.35. The molecule has 24 heavy (non-hydrogen) atoms. The minimum Gasteiger partial charge on any atom is -0.505 e. The lowest BCUT2D eigenvalue weighted by Crippen LogP contribution is -2.12. The van der Waals surface area contributed by atoms with Gasteiger partial charge in [0.15, 0.2) is 11.6 Å². The Kier molecular flexibility index (Phi) is 8.44. The second-order valence-electron chi connectivity index (χ2n) is 5.94. The van der Waals surface area contributed by atoms with E-state index in [4.69, 9.17) is 5.11 Å². The van der Waals surface area contributed by atoms with E-state index in [9.17, 15) is 14.6 Å². The van der Waals surface area contributed by atoms with Crippen LogP contribution in [0.4, 0.5) is 4.39 Å². The molecule has 1 atom stereocenters. The monoisotopic (exact) mass is 334 g/mol. The molecule has 0 bridgehead atoms. The molecule has 1 rings (SSSR count). The maximum Gasteiger partial charge on any atom is 0.165 e. The Hall–Kier alpha value is -1.91. The van der Waals surface area contributed by atoms with E-state index in [2.05, 4.69) is 13.5 Å². The van der Waals surface area contributed by atoms with Crippen molar-refractivity contribution < 1.29 is 19.7 Å². The molecule has 0 saturated carbocycles. The van der Waals surface area contributed by atoms with E-state index in [0.29, 0.717) is 24.0 Å². The van der Waals surface area contributed by atoms with Gasteiger partial charge >= 0.3 is 0 Å². The number of hydrogen-bond acceptors (Lipinski definition) is 3. The summed E-state index contributed by atoms with van der Waals surface area (Å²) in [5.41, 5.74) is 3.18. The summed E-state index contributed by atoms with van der Waals surface area (Å²) in [4.78, 5) is 0. The van der Waals surface area contributed by atoms with Crippen LogP contribution in [0.25, 0.3) is 6.08 Å². The lowest BCUT2D eigenvalue weighted by molar-refractivity contribution is 0.201. The van der Waals surface area contributed by atoms with Gasteiger partial charge in [-0.2, -0.15) is 0 Å². The van der Waals surface area contributed by atoms with Crippen molar-refractivity contribution in [3.63, 3.8) is 0 Å². The normalized spacial score (nSPS) is 13.9. The average Bonchev–Trinajstić information content (AvgIpc) is 2.53. The van der Waals surface area contributed by atoms with Crippen molar-refractivity contribution in [3.05, 3.63) is 59.0 Å². The molecule has 0 heterocycles. The van der Waals surface area contributed by atoms with Crippen LogP contribution < -0.4 is 0 Å². The minimum absolute atomic E-state index is 0.135. The lowest BCUT2D eigenvalue weighted by atomic mass is 9.94. The molecule has 0 fully saturated rings. The van der Waals surface area contributed by atoms with Crippen molar-refractivity contribution in [2.24, 2.45) is 0 Å². The highest BCUT2D eigenvalue weighted by atomic mass is 19.1.